The number of allylic oxidation sites excluding steroid dienone is 2. The molecule has 3 aromatic rings. The zero-order valence-electron chi connectivity index (χ0n) is 15.1. The van der Waals surface area contributed by atoms with E-state index in [-0.39, 0.29) is 6.04 Å². The van der Waals surface area contributed by atoms with Crippen LogP contribution in [0.25, 0.3) is 10.8 Å². The molecule has 3 heteroatoms. The van der Waals surface area contributed by atoms with Crippen LogP contribution in [0, 0.1) is 17.2 Å². The largest absolute Gasteiger partial charge is 0.496 e. The summed E-state index contributed by atoms with van der Waals surface area (Å²) in [5.74, 6) is 1.66. The van der Waals surface area contributed by atoms with Crippen molar-refractivity contribution in [1.29, 1.82) is 5.26 Å². The van der Waals surface area contributed by atoms with Gasteiger partial charge in [-0.1, -0.05) is 42.5 Å². The molecule has 27 heavy (non-hydrogen) atoms. The van der Waals surface area contributed by atoms with Gasteiger partial charge in [-0.3, -0.25) is 0 Å². The molecule has 3 unspecified atom stereocenters. The molecule has 0 saturated heterocycles. The molecule has 0 radical (unpaired) electrons. The first kappa shape index (κ1) is 16.0. The zero-order chi connectivity index (χ0) is 18.4. The molecule has 2 aliphatic rings. The summed E-state index contributed by atoms with van der Waals surface area (Å²) in [5, 5.41) is 15.5. The standard InChI is InChI=1S/C24H20N2O/c1-27-22-12-10-16-5-2-3-6-17(16)23(22)24-19-8-4-7-18(19)20-13-15(14-25)9-11-21(20)26-24/h2-7,9-13,18-19,24,26H,8H2,1H3. The van der Waals surface area contributed by atoms with Gasteiger partial charge in [0.05, 0.1) is 24.8 Å². The van der Waals surface area contributed by atoms with E-state index in [1.165, 1.54) is 21.9 Å². The minimum atomic E-state index is 0.159. The van der Waals surface area contributed by atoms with E-state index in [0.717, 1.165) is 23.4 Å². The highest BCUT2D eigenvalue weighted by Gasteiger charge is 2.39. The third-order valence-electron chi connectivity index (χ3n) is 5.95. The smallest absolute Gasteiger partial charge is 0.124 e. The summed E-state index contributed by atoms with van der Waals surface area (Å²) in [7, 11) is 1.74. The maximum atomic E-state index is 9.29. The Kier molecular flexibility index (Phi) is 3.65. The van der Waals surface area contributed by atoms with Crippen LogP contribution < -0.4 is 10.1 Å². The van der Waals surface area contributed by atoms with Gasteiger partial charge in [-0.15, -0.1) is 0 Å². The van der Waals surface area contributed by atoms with Crippen LogP contribution in [0.15, 0.2) is 66.7 Å². The predicted octanol–water partition coefficient (Wildman–Crippen LogP) is 5.55. The Balaban J connectivity index is 1.71. The monoisotopic (exact) mass is 352 g/mol. The van der Waals surface area contributed by atoms with Gasteiger partial charge in [0.25, 0.3) is 0 Å². The summed E-state index contributed by atoms with van der Waals surface area (Å²) >= 11 is 0. The van der Waals surface area contributed by atoms with Crippen molar-refractivity contribution in [2.24, 2.45) is 5.92 Å². The lowest BCUT2D eigenvalue weighted by Gasteiger charge is -2.38. The molecule has 1 N–H and O–H groups in total. The van der Waals surface area contributed by atoms with Crippen LogP contribution in [0.3, 0.4) is 0 Å². The molecule has 3 atom stereocenters. The number of ether oxygens (including phenoxy) is 1. The summed E-state index contributed by atoms with van der Waals surface area (Å²) in [4.78, 5) is 0. The third kappa shape index (κ3) is 2.41. The summed E-state index contributed by atoms with van der Waals surface area (Å²) < 4.78 is 5.78. The van der Waals surface area contributed by atoms with Crippen LogP contribution in [-0.4, -0.2) is 7.11 Å². The molecular formula is C24H20N2O. The first-order chi connectivity index (χ1) is 13.3. The van der Waals surface area contributed by atoms with Gasteiger partial charge < -0.3 is 10.1 Å². The average Bonchev–Trinajstić information content (AvgIpc) is 3.22. The van der Waals surface area contributed by atoms with Crippen molar-refractivity contribution < 1.29 is 4.74 Å². The fourth-order valence-electron chi connectivity index (χ4n) is 4.72. The van der Waals surface area contributed by atoms with Crippen molar-refractivity contribution >= 4 is 16.5 Å². The highest BCUT2D eigenvalue weighted by atomic mass is 16.5. The SMILES string of the molecule is COc1ccc2ccccc2c1C1Nc2ccc(C#N)cc2C2C=CCC21. The third-order valence-corrected chi connectivity index (χ3v) is 5.95. The molecule has 0 spiro atoms. The Labute approximate surface area is 158 Å². The lowest BCUT2D eigenvalue weighted by molar-refractivity contribution is 0.383. The van der Waals surface area contributed by atoms with Crippen LogP contribution in [-0.2, 0) is 0 Å². The van der Waals surface area contributed by atoms with Crippen molar-refractivity contribution in [3.63, 3.8) is 0 Å². The molecule has 5 rings (SSSR count). The fourth-order valence-corrected chi connectivity index (χ4v) is 4.72. The van der Waals surface area contributed by atoms with E-state index in [1.807, 2.05) is 18.2 Å². The minimum absolute atomic E-state index is 0.159. The number of nitrogens with one attached hydrogen (secondary N) is 1. The number of fused-ring (bicyclic) bond motifs is 4. The van der Waals surface area contributed by atoms with E-state index in [9.17, 15) is 5.26 Å². The molecule has 0 saturated carbocycles. The molecule has 132 valence electrons. The maximum Gasteiger partial charge on any atom is 0.124 e. The number of anilines is 1. The highest BCUT2D eigenvalue weighted by Crippen LogP contribution is 2.52. The number of benzene rings is 3. The van der Waals surface area contributed by atoms with E-state index in [0.29, 0.717) is 11.8 Å². The Hall–Kier alpha value is -3.25. The van der Waals surface area contributed by atoms with Gasteiger partial charge in [-0.25, -0.2) is 0 Å². The Bertz CT molecular complexity index is 1110. The Morgan fingerprint density at radius 2 is 2.00 bits per heavy atom. The van der Waals surface area contributed by atoms with Gasteiger partial charge in [-0.2, -0.15) is 5.26 Å². The quantitative estimate of drug-likeness (QED) is 0.615. The number of hydrogen-bond acceptors (Lipinski definition) is 3. The van der Waals surface area contributed by atoms with Crippen LogP contribution >= 0.6 is 0 Å². The topological polar surface area (TPSA) is 45.0 Å². The van der Waals surface area contributed by atoms with E-state index < -0.39 is 0 Å². The van der Waals surface area contributed by atoms with Gasteiger partial charge >= 0.3 is 0 Å². The van der Waals surface area contributed by atoms with E-state index in [2.05, 4.69) is 59.9 Å². The molecule has 1 aliphatic heterocycles. The second kappa shape index (κ2) is 6.17. The second-order valence-electron chi connectivity index (χ2n) is 7.29. The summed E-state index contributed by atoms with van der Waals surface area (Å²) in [6.07, 6.45) is 5.59. The predicted molar refractivity (Wildman–Crippen MR) is 108 cm³/mol. The number of hydrogen-bond donors (Lipinski definition) is 1. The summed E-state index contributed by atoms with van der Waals surface area (Å²) in [6, 6.07) is 21.1. The molecular weight excluding hydrogens is 332 g/mol. The summed E-state index contributed by atoms with van der Waals surface area (Å²) in [5.41, 5.74) is 4.28. The van der Waals surface area contributed by atoms with Gasteiger partial charge in [0.2, 0.25) is 0 Å². The zero-order valence-corrected chi connectivity index (χ0v) is 15.1. The normalized spacial score (nSPS) is 22.6. The highest BCUT2D eigenvalue weighted by molar-refractivity contribution is 5.89. The van der Waals surface area contributed by atoms with Crippen molar-refractivity contribution in [1.82, 2.24) is 0 Å². The van der Waals surface area contributed by atoms with Crippen LogP contribution in [0.1, 0.15) is 35.1 Å². The van der Waals surface area contributed by atoms with Crippen molar-refractivity contribution in [2.75, 3.05) is 12.4 Å². The molecule has 0 aromatic heterocycles. The second-order valence-corrected chi connectivity index (χ2v) is 7.29. The van der Waals surface area contributed by atoms with Gasteiger partial charge in [-0.05, 0) is 52.9 Å². The van der Waals surface area contributed by atoms with Gasteiger partial charge in [0.1, 0.15) is 5.75 Å². The van der Waals surface area contributed by atoms with Crippen LogP contribution in [0.2, 0.25) is 0 Å². The number of nitriles is 1. The van der Waals surface area contributed by atoms with Crippen molar-refractivity contribution in [3.8, 4) is 11.8 Å². The number of methoxy groups -OCH3 is 1. The van der Waals surface area contributed by atoms with Crippen molar-refractivity contribution in [3.05, 3.63) is 83.4 Å². The fraction of sp³-hybridized carbons (Fsp3) is 0.208. The maximum absolute atomic E-state index is 9.29. The van der Waals surface area contributed by atoms with Crippen LogP contribution in [0.4, 0.5) is 5.69 Å². The number of rotatable bonds is 2. The van der Waals surface area contributed by atoms with Crippen molar-refractivity contribution in [2.45, 2.75) is 18.4 Å². The Morgan fingerprint density at radius 3 is 2.85 bits per heavy atom. The summed E-state index contributed by atoms with van der Waals surface area (Å²) in [6.45, 7) is 0. The molecule has 0 fully saturated rings. The number of nitrogens with zero attached hydrogens (tertiary/aromatic N) is 1. The first-order valence-electron chi connectivity index (χ1n) is 9.33. The minimum Gasteiger partial charge on any atom is -0.496 e. The molecule has 1 aliphatic carbocycles. The van der Waals surface area contributed by atoms with E-state index in [1.54, 1.807) is 7.11 Å². The van der Waals surface area contributed by atoms with E-state index >= 15 is 0 Å². The van der Waals surface area contributed by atoms with Gasteiger partial charge in [0, 0.05) is 17.2 Å². The van der Waals surface area contributed by atoms with Crippen LogP contribution in [0.5, 0.6) is 5.75 Å². The molecule has 1 heterocycles. The Morgan fingerprint density at radius 1 is 1.11 bits per heavy atom. The molecule has 3 nitrogen and oxygen atoms in total. The first-order valence-corrected chi connectivity index (χ1v) is 9.33. The molecule has 0 amide bonds. The van der Waals surface area contributed by atoms with Gasteiger partial charge in [0.15, 0.2) is 0 Å². The lowest BCUT2D eigenvalue weighted by Crippen LogP contribution is -2.29. The molecule has 0 bridgehead atoms. The van der Waals surface area contributed by atoms with E-state index in [4.69, 9.17) is 4.74 Å². The average molecular weight is 352 g/mol. The lowest BCUT2D eigenvalue weighted by atomic mass is 9.75. The molecule has 3 aromatic carbocycles.